The Kier molecular flexibility index (Phi) is 4.76. The molecule has 1 aromatic carbocycles. The van der Waals surface area contributed by atoms with E-state index in [0.29, 0.717) is 19.5 Å². The highest BCUT2D eigenvalue weighted by atomic mass is 79.9. The minimum atomic E-state index is 0.0524. The maximum atomic E-state index is 12.2. The van der Waals surface area contributed by atoms with Gasteiger partial charge in [-0.05, 0) is 38.1 Å². The molecule has 1 amide bonds. The van der Waals surface area contributed by atoms with E-state index in [-0.39, 0.29) is 5.91 Å². The van der Waals surface area contributed by atoms with E-state index in [1.54, 1.807) is 0 Å². The summed E-state index contributed by atoms with van der Waals surface area (Å²) in [5.41, 5.74) is 4.30. The van der Waals surface area contributed by atoms with Gasteiger partial charge in [-0.25, -0.2) is 0 Å². The van der Waals surface area contributed by atoms with E-state index in [0.717, 1.165) is 26.9 Å². The molecule has 5 nitrogen and oxygen atoms in total. The molecule has 0 spiro atoms. The first-order valence-electron chi connectivity index (χ1n) is 7.96. The molecule has 0 bridgehead atoms. The number of rotatable bonds is 5. The molecule has 1 N–H and O–H groups in total. The molecular formula is C18H21BrN4O. The van der Waals surface area contributed by atoms with Crippen molar-refractivity contribution in [1.82, 2.24) is 19.7 Å². The predicted octanol–water partition coefficient (Wildman–Crippen LogP) is 3.46. The Morgan fingerprint density at radius 1 is 1.29 bits per heavy atom. The van der Waals surface area contributed by atoms with Crippen LogP contribution in [0.15, 0.2) is 34.9 Å². The van der Waals surface area contributed by atoms with Crippen LogP contribution in [-0.4, -0.2) is 20.3 Å². The Labute approximate surface area is 149 Å². The molecule has 24 heavy (non-hydrogen) atoms. The summed E-state index contributed by atoms with van der Waals surface area (Å²) in [5.74, 6) is 0.0524. The average Bonchev–Trinajstić information content (AvgIpc) is 3.04. The number of hydrogen-bond acceptors (Lipinski definition) is 2. The summed E-state index contributed by atoms with van der Waals surface area (Å²) in [5, 5.41) is 8.55. The van der Waals surface area contributed by atoms with Crippen molar-refractivity contribution in [3.63, 3.8) is 0 Å². The number of aryl methyl sites for hydroxylation is 3. The van der Waals surface area contributed by atoms with Crippen LogP contribution in [0.3, 0.4) is 0 Å². The number of benzene rings is 1. The molecule has 3 rings (SSSR count). The van der Waals surface area contributed by atoms with Gasteiger partial charge in [-0.15, -0.1) is 0 Å². The van der Waals surface area contributed by atoms with Crippen molar-refractivity contribution in [3.05, 3.63) is 51.9 Å². The fraction of sp³-hybridized carbons (Fsp3) is 0.333. The zero-order chi connectivity index (χ0) is 17.3. The molecule has 0 aliphatic carbocycles. The molecule has 3 aromatic rings. The van der Waals surface area contributed by atoms with Gasteiger partial charge in [0.1, 0.15) is 0 Å². The average molecular weight is 389 g/mol. The van der Waals surface area contributed by atoms with Gasteiger partial charge >= 0.3 is 0 Å². The quantitative estimate of drug-likeness (QED) is 0.727. The summed E-state index contributed by atoms with van der Waals surface area (Å²) in [6, 6.07) is 8.24. The third kappa shape index (κ3) is 3.38. The van der Waals surface area contributed by atoms with Crippen LogP contribution in [0.2, 0.25) is 0 Å². The second-order valence-corrected chi connectivity index (χ2v) is 6.93. The van der Waals surface area contributed by atoms with E-state index in [4.69, 9.17) is 0 Å². The Morgan fingerprint density at radius 2 is 2.08 bits per heavy atom. The van der Waals surface area contributed by atoms with Crippen molar-refractivity contribution in [2.75, 3.05) is 0 Å². The number of nitrogens with one attached hydrogen (secondary N) is 1. The lowest BCUT2D eigenvalue weighted by Gasteiger charge is -2.08. The van der Waals surface area contributed by atoms with Gasteiger partial charge in [0, 0.05) is 59.4 Å². The van der Waals surface area contributed by atoms with Crippen molar-refractivity contribution in [2.24, 2.45) is 7.05 Å². The van der Waals surface area contributed by atoms with Crippen molar-refractivity contribution < 1.29 is 4.79 Å². The number of carbonyl (C=O) groups is 1. The van der Waals surface area contributed by atoms with Crippen LogP contribution in [0.25, 0.3) is 10.9 Å². The van der Waals surface area contributed by atoms with Crippen LogP contribution in [-0.2, 0) is 24.9 Å². The number of hydrogen-bond donors (Lipinski definition) is 1. The maximum absolute atomic E-state index is 12.2. The summed E-state index contributed by atoms with van der Waals surface area (Å²) < 4.78 is 5.02. The van der Waals surface area contributed by atoms with Gasteiger partial charge in [-0.3, -0.25) is 9.48 Å². The molecule has 0 saturated carbocycles. The zero-order valence-electron chi connectivity index (χ0n) is 14.1. The fourth-order valence-electron chi connectivity index (χ4n) is 2.94. The molecular weight excluding hydrogens is 368 g/mol. The molecule has 2 aromatic heterocycles. The fourth-order valence-corrected chi connectivity index (χ4v) is 3.32. The zero-order valence-corrected chi connectivity index (χ0v) is 15.7. The molecule has 0 unspecified atom stereocenters. The van der Waals surface area contributed by atoms with Crippen molar-refractivity contribution in [1.29, 1.82) is 0 Å². The highest BCUT2D eigenvalue weighted by molar-refractivity contribution is 9.10. The Hall–Kier alpha value is -2.08. The predicted molar refractivity (Wildman–Crippen MR) is 98.8 cm³/mol. The van der Waals surface area contributed by atoms with E-state index in [1.807, 2.05) is 37.8 Å². The van der Waals surface area contributed by atoms with Crippen molar-refractivity contribution in [3.8, 4) is 0 Å². The Balaban J connectivity index is 1.59. The summed E-state index contributed by atoms with van der Waals surface area (Å²) in [4.78, 5) is 12.2. The molecule has 0 aliphatic heterocycles. The smallest absolute Gasteiger partial charge is 0.222 e. The first kappa shape index (κ1) is 16.8. The summed E-state index contributed by atoms with van der Waals surface area (Å²) >= 11 is 3.48. The largest absolute Gasteiger partial charge is 0.352 e. The molecule has 126 valence electrons. The highest BCUT2D eigenvalue weighted by Crippen LogP contribution is 2.21. The standard InChI is InChI=1S/C18H21BrN4O/c1-12-16(13(2)22(3)21-12)11-20-18(24)7-9-23-8-6-14-10-15(19)4-5-17(14)23/h4-6,8,10H,7,9,11H2,1-3H3,(H,20,24). The maximum Gasteiger partial charge on any atom is 0.222 e. The van der Waals surface area contributed by atoms with E-state index in [9.17, 15) is 4.79 Å². The van der Waals surface area contributed by atoms with Crippen molar-refractivity contribution in [2.45, 2.75) is 33.4 Å². The van der Waals surface area contributed by atoms with Crippen LogP contribution < -0.4 is 5.32 Å². The normalized spacial score (nSPS) is 11.2. The van der Waals surface area contributed by atoms with Gasteiger partial charge in [-0.2, -0.15) is 5.10 Å². The molecule has 0 fully saturated rings. The van der Waals surface area contributed by atoms with E-state index < -0.39 is 0 Å². The first-order valence-corrected chi connectivity index (χ1v) is 8.75. The Bertz CT molecular complexity index is 894. The number of fused-ring (bicyclic) bond motifs is 1. The third-order valence-electron chi connectivity index (χ3n) is 4.43. The van der Waals surface area contributed by atoms with Crippen LogP contribution in [0.5, 0.6) is 0 Å². The number of amides is 1. The molecule has 0 aliphatic rings. The number of halogens is 1. The number of carbonyl (C=O) groups excluding carboxylic acids is 1. The van der Waals surface area contributed by atoms with Gasteiger partial charge in [0.05, 0.1) is 5.69 Å². The SMILES string of the molecule is Cc1nn(C)c(C)c1CNC(=O)CCn1ccc2cc(Br)ccc21. The van der Waals surface area contributed by atoms with Crippen LogP contribution in [0.1, 0.15) is 23.4 Å². The lowest BCUT2D eigenvalue weighted by molar-refractivity contribution is -0.121. The van der Waals surface area contributed by atoms with Gasteiger partial charge < -0.3 is 9.88 Å². The second-order valence-electron chi connectivity index (χ2n) is 6.01. The van der Waals surface area contributed by atoms with E-state index >= 15 is 0 Å². The molecule has 0 saturated heterocycles. The summed E-state index contributed by atoms with van der Waals surface area (Å²) in [6.07, 6.45) is 2.48. The Morgan fingerprint density at radius 3 is 2.79 bits per heavy atom. The molecule has 0 radical (unpaired) electrons. The van der Waals surface area contributed by atoms with Gasteiger partial charge in [0.25, 0.3) is 0 Å². The highest BCUT2D eigenvalue weighted by Gasteiger charge is 2.11. The van der Waals surface area contributed by atoms with Crippen molar-refractivity contribution >= 4 is 32.7 Å². The minimum Gasteiger partial charge on any atom is -0.352 e. The number of nitrogens with zero attached hydrogens (tertiary/aromatic N) is 3. The second kappa shape index (κ2) is 6.81. The monoisotopic (exact) mass is 388 g/mol. The lowest BCUT2D eigenvalue weighted by atomic mass is 10.2. The van der Waals surface area contributed by atoms with Crippen LogP contribution in [0.4, 0.5) is 0 Å². The third-order valence-corrected chi connectivity index (χ3v) is 4.93. The minimum absolute atomic E-state index is 0.0524. The van der Waals surface area contributed by atoms with E-state index in [2.05, 4.69) is 49.1 Å². The lowest BCUT2D eigenvalue weighted by Crippen LogP contribution is -2.24. The number of aromatic nitrogens is 3. The summed E-state index contributed by atoms with van der Waals surface area (Å²) in [6.45, 7) is 5.19. The topological polar surface area (TPSA) is 51.9 Å². The van der Waals surface area contributed by atoms with Gasteiger partial charge in [0.2, 0.25) is 5.91 Å². The molecule has 0 atom stereocenters. The van der Waals surface area contributed by atoms with Gasteiger partial charge in [0.15, 0.2) is 0 Å². The van der Waals surface area contributed by atoms with E-state index in [1.165, 1.54) is 5.39 Å². The molecule has 6 heteroatoms. The summed E-state index contributed by atoms with van der Waals surface area (Å²) in [7, 11) is 1.92. The first-order chi connectivity index (χ1) is 11.5. The molecule has 2 heterocycles. The van der Waals surface area contributed by atoms with Crippen LogP contribution >= 0.6 is 15.9 Å². The van der Waals surface area contributed by atoms with Crippen LogP contribution in [0, 0.1) is 13.8 Å². The van der Waals surface area contributed by atoms with Gasteiger partial charge in [-0.1, -0.05) is 15.9 Å².